The van der Waals surface area contributed by atoms with E-state index in [9.17, 15) is 30.8 Å². The molecule has 35 heavy (non-hydrogen) atoms. The lowest BCUT2D eigenvalue weighted by molar-refractivity contribution is -0.168. The summed E-state index contributed by atoms with van der Waals surface area (Å²) in [6, 6.07) is 6.63. The van der Waals surface area contributed by atoms with Crippen LogP contribution in [0.15, 0.2) is 24.3 Å². The van der Waals surface area contributed by atoms with Gasteiger partial charge in [0, 0.05) is 57.9 Å². The third-order valence-electron chi connectivity index (χ3n) is 6.07. The van der Waals surface area contributed by atoms with Gasteiger partial charge in [0.05, 0.1) is 6.61 Å². The number of halogens is 5. The molecule has 0 bridgehead atoms. The van der Waals surface area contributed by atoms with Crippen LogP contribution in [0.2, 0.25) is 0 Å². The number of anilines is 1. The van der Waals surface area contributed by atoms with Crippen molar-refractivity contribution in [1.29, 1.82) is 0 Å². The zero-order chi connectivity index (χ0) is 25.0. The zero-order valence-corrected chi connectivity index (χ0v) is 20.3. The van der Waals surface area contributed by atoms with Crippen molar-refractivity contribution in [1.82, 2.24) is 9.79 Å². The van der Waals surface area contributed by atoms with E-state index in [2.05, 4.69) is 0 Å². The highest BCUT2D eigenvalue weighted by Crippen LogP contribution is 2.34. The van der Waals surface area contributed by atoms with Crippen LogP contribution < -0.4 is 10.4 Å². The molecule has 0 saturated carbocycles. The van der Waals surface area contributed by atoms with Crippen LogP contribution in [-0.4, -0.2) is 86.9 Å². The molecule has 2 aliphatic rings. The Morgan fingerprint density at radius 1 is 1.14 bits per heavy atom. The molecule has 9 nitrogen and oxygen atoms in total. The number of hydrogen-bond acceptors (Lipinski definition) is 7. The number of piperazine rings is 1. The first-order chi connectivity index (χ1) is 16.0. The molecule has 0 atom stereocenters. The number of carbonyl (C=O) groups is 1. The fourth-order valence-corrected chi connectivity index (χ4v) is 6.11. The molecule has 2 N–H and O–H groups in total. The van der Waals surface area contributed by atoms with Crippen molar-refractivity contribution in [3.05, 3.63) is 29.8 Å². The summed E-state index contributed by atoms with van der Waals surface area (Å²) in [5, 5.41) is 9.13. The molecule has 0 unspecified atom stereocenters. The van der Waals surface area contributed by atoms with Crippen molar-refractivity contribution in [3.63, 3.8) is 0 Å². The summed E-state index contributed by atoms with van der Waals surface area (Å²) in [5.41, 5.74) is 2.77. The van der Waals surface area contributed by atoms with Crippen LogP contribution in [0.1, 0.15) is 18.4 Å². The Labute approximate surface area is 206 Å². The number of sulfonamides is 1. The summed E-state index contributed by atoms with van der Waals surface area (Å²) in [5.74, 6) is -5.18. The van der Waals surface area contributed by atoms with Gasteiger partial charge in [-0.05, 0) is 17.7 Å². The van der Waals surface area contributed by atoms with Crippen molar-refractivity contribution < 1.29 is 45.5 Å². The van der Waals surface area contributed by atoms with Gasteiger partial charge in [-0.25, -0.2) is 22.7 Å². The number of nitrogens with one attached hydrogen (secondary N) is 1. The first-order valence-electron chi connectivity index (χ1n) is 10.6. The van der Waals surface area contributed by atoms with Crippen LogP contribution in [-0.2, 0) is 30.9 Å². The van der Waals surface area contributed by atoms with E-state index >= 15 is 0 Å². The van der Waals surface area contributed by atoms with E-state index in [1.165, 1.54) is 9.79 Å². The molecule has 200 valence electrons. The lowest BCUT2D eigenvalue weighted by atomic mass is 9.98. The van der Waals surface area contributed by atoms with E-state index in [4.69, 9.17) is 14.7 Å². The van der Waals surface area contributed by atoms with E-state index in [1.807, 2.05) is 4.90 Å². The molecule has 2 aliphatic heterocycles. The van der Waals surface area contributed by atoms with Crippen molar-refractivity contribution in [3.8, 4) is 0 Å². The molecule has 2 fully saturated rings. The maximum Gasteiger partial charge on any atom is 0.330 e. The molecule has 1 amide bonds. The number of nitrogens with zero attached hydrogens (tertiary/aromatic N) is 2. The number of carbonyl (C=O) groups excluding carboxylic acids is 1. The number of hydroxylamine groups is 1. The van der Waals surface area contributed by atoms with Crippen LogP contribution in [0.3, 0.4) is 0 Å². The highest BCUT2D eigenvalue weighted by atomic mass is 35.5. The molecule has 2 heterocycles. The Kier molecular flexibility index (Phi) is 10.1. The van der Waals surface area contributed by atoms with Gasteiger partial charge in [-0.1, -0.05) is 12.1 Å². The van der Waals surface area contributed by atoms with Crippen molar-refractivity contribution in [2.45, 2.75) is 36.5 Å². The van der Waals surface area contributed by atoms with Crippen molar-refractivity contribution >= 4 is 34.0 Å². The molecule has 0 radical (unpaired) electrons. The highest BCUT2D eigenvalue weighted by Gasteiger charge is 2.54. The summed E-state index contributed by atoms with van der Waals surface area (Å²) in [4.78, 5) is 14.3. The summed E-state index contributed by atoms with van der Waals surface area (Å²) in [6.45, 7) is -0.552. The average Bonchev–Trinajstić information content (AvgIpc) is 2.84. The summed E-state index contributed by atoms with van der Waals surface area (Å²) >= 11 is 0. The second-order valence-corrected chi connectivity index (χ2v) is 10.4. The van der Waals surface area contributed by atoms with Gasteiger partial charge in [-0.3, -0.25) is 10.0 Å². The summed E-state index contributed by atoms with van der Waals surface area (Å²) < 4.78 is 86.2. The second kappa shape index (κ2) is 12.0. The fraction of sp³-hybridized carbons (Fsp3) is 0.650. The summed E-state index contributed by atoms with van der Waals surface area (Å²) in [6.07, 6.45) is -3.92. The van der Waals surface area contributed by atoms with Crippen molar-refractivity contribution in [2.24, 2.45) is 0 Å². The van der Waals surface area contributed by atoms with Gasteiger partial charge in [0.25, 0.3) is 5.91 Å². The van der Waals surface area contributed by atoms with Crippen LogP contribution >= 0.6 is 12.4 Å². The predicted octanol–water partition coefficient (Wildman–Crippen LogP) is 2.03. The highest BCUT2D eigenvalue weighted by molar-refractivity contribution is 7.91. The van der Waals surface area contributed by atoms with Gasteiger partial charge in [0.15, 0.2) is 4.75 Å². The smallest absolute Gasteiger partial charge is 0.330 e. The lowest BCUT2D eigenvalue weighted by Crippen LogP contribution is -2.62. The van der Waals surface area contributed by atoms with Crippen molar-refractivity contribution in [2.75, 3.05) is 50.9 Å². The molecular weight excluding hydrogens is 522 g/mol. The standard InChI is InChI=1S/C20H27F4N3O6S.ClH/c21-17(22)20(23,24)14-33-13-15-1-3-16(4-2-15)26-7-9-27(10-8-26)34(30,31)19(18(28)25-29)5-11-32-12-6-19;/h1-4,17,29H,5-14H2,(H,25,28);1H. The zero-order valence-electron chi connectivity index (χ0n) is 18.7. The van der Waals surface area contributed by atoms with E-state index in [0.717, 1.165) is 5.69 Å². The number of amides is 1. The molecule has 0 aliphatic carbocycles. The van der Waals surface area contributed by atoms with Crippen LogP contribution in [0.5, 0.6) is 0 Å². The number of hydrogen-bond donors (Lipinski definition) is 2. The minimum absolute atomic E-state index is 0. The molecule has 0 aromatic heterocycles. The number of benzene rings is 1. The van der Waals surface area contributed by atoms with E-state index in [1.54, 1.807) is 24.3 Å². The largest absolute Gasteiger partial charge is 0.381 e. The Balaban J connectivity index is 0.00000432. The number of alkyl halides is 4. The summed E-state index contributed by atoms with van der Waals surface area (Å²) in [7, 11) is -4.08. The molecule has 3 rings (SSSR count). The first-order valence-corrected chi connectivity index (χ1v) is 12.1. The van der Waals surface area contributed by atoms with Gasteiger partial charge >= 0.3 is 12.3 Å². The second-order valence-electron chi connectivity index (χ2n) is 8.16. The third kappa shape index (κ3) is 6.35. The lowest BCUT2D eigenvalue weighted by Gasteiger charge is -2.42. The van der Waals surface area contributed by atoms with E-state index in [-0.39, 0.29) is 58.2 Å². The molecule has 15 heteroatoms. The van der Waals surface area contributed by atoms with E-state index < -0.39 is 39.6 Å². The molecule has 1 aromatic rings. The van der Waals surface area contributed by atoms with Crippen LogP contribution in [0.25, 0.3) is 0 Å². The minimum Gasteiger partial charge on any atom is -0.381 e. The van der Waals surface area contributed by atoms with Gasteiger partial charge in [-0.2, -0.15) is 13.1 Å². The van der Waals surface area contributed by atoms with Gasteiger partial charge < -0.3 is 14.4 Å². The minimum atomic E-state index is -4.21. The quantitative estimate of drug-likeness (QED) is 0.276. The first kappa shape index (κ1) is 29.5. The van der Waals surface area contributed by atoms with Gasteiger partial charge in [-0.15, -0.1) is 12.4 Å². The molecule has 1 aromatic carbocycles. The Morgan fingerprint density at radius 2 is 1.71 bits per heavy atom. The van der Waals surface area contributed by atoms with Gasteiger partial charge in [0.1, 0.15) is 6.61 Å². The predicted molar refractivity (Wildman–Crippen MR) is 120 cm³/mol. The number of rotatable bonds is 9. The monoisotopic (exact) mass is 549 g/mol. The molecule has 2 saturated heterocycles. The topological polar surface area (TPSA) is 108 Å². The Morgan fingerprint density at radius 3 is 2.23 bits per heavy atom. The van der Waals surface area contributed by atoms with Crippen LogP contribution in [0.4, 0.5) is 23.2 Å². The third-order valence-corrected chi connectivity index (χ3v) is 8.70. The SMILES string of the molecule is Cl.O=C(NO)C1(S(=O)(=O)N2CCN(c3ccc(COCC(F)(F)C(F)F)cc3)CC2)CCOCC1. The average molecular weight is 550 g/mol. The Bertz CT molecular complexity index is 941. The van der Waals surface area contributed by atoms with E-state index in [0.29, 0.717) is 18.7 Å². The normalized spacial score (nSPS) is 19.3. The maximum atomic E-state index is 13.3. The Hall–Kier alpha value is -1.71. The van der Waals surface area contributed by atoms with Gasteiger partial charge in [0.2, 0.25) is 10.0 Å². The fourth-order valence-electron chi connectivity index (χ4n) is 4.01. The number of ether oxygens (including phenoxy) is 2. The molecule has 0 spiro atoms. The molecular formula is C20H28ClF4N3O6S. The van der Waals surface area contributed by atoms with Crippen LogP contribution in [0, 0.1) is 0 Å². The maximum absolute atomic E-state index is 13.3.